The number of nitrogens with zero attached hydrogens (tertiary/aromatic N) is 1. The van der Waals surface area contributed by atoms with E-state index in [1.807, 2.05) is 0 Å². The summed E-state index contributed by atoms with van der Waals surface area (Å²) in [6, 6.07) is 10.1. The van der Waals surface area contributed by atoms with Gasteiger partial charge in [0.2, 0.25) is 0 Å². The quantitative estimate of drug-likeness (QED) is 0.344. The molecule has 0 radical (unpaired) electrons. The van der Waals surface area contributed by atoms with Crippen LogP contribution in [-0.4, -0.2) is 30.7 Å². The number of fused-ring (bicyclic) bond motifs is 2. The number of hydrogen-bond donors (Lipinski definition) is 1. The zero-order valence-corrected chi connectivity index (χ0v) is 12.6. The van der Waals surface area contributed by atoms with Gasteiger partial charge in [-0.15, -0.1) is 0 Å². The van der Waals surface area contributed by atoms with Gasteiger partial charge in [0.05, 0.1) is 23.1 Å². The van der Waals surface area contributed by atoms with Gasteiger partial charge in [0.15, 0.2) is 0 Å². The Labute approximate surface area is 132 Å². The Balaban J connectivity index is 2.30. The maximum atomic E-state index is 12.6. The fourth-order valence-corrected chi connectivity index (χ4v) is 2.55. The van der Waals surface area contributed by atoms with Crippen LogP contribution < -0.4 is 11.3 Å². The molecule has 0 saturated carbocycles. The van der Waals surface area contributed by atoms with E-state index in [-0.39, 0.29) is 12.2 Å². The standard InChI is InChI=1S/C17H16N2O4/c1-22-8-9-23-17(21)15-12-6-5-11(18)10-13(12)16(20)19-7-3-2-4-14(15)19/h2-7,10H,8-9,18H2,1H3. The monoisotopic (exact) mass is 312 g/mol. The Hall–Kier alpha value is -2.86. The van der Waals surface area contributed by atoms with Gasteiger partial charge in [-0.1, -0.05) is 12.1 Å². The molecular weight excluding hydrogens is 296 g/mol. The second kappa shape index (κ2) is 6.10. The van der Waals surface area contributed by atoms with Crippen LogP contribution in [0.15, 0.2) is 47.4 Å². The van der Waals surface area contributed by atoms with Crippen LogP contribution in [0.2, 0.25) is 0 Å². The number of anilines is 1. The van der Waals surface area contributed by atoms with Crippen molar-refractivity contribution in [1.29, 1.82) is 0 Å². The summed E-state index contributed by atoms with van der Waals surface area (Å²) in [4.78, 5) is 25.1. The van der Waals surface area contributed by atoms with Crippen molar-refractivity contribution in [3.05, 3.63) is 58.5 Å². The van der Waals surface area contributed by atoms with E-state index in [0.717, 1.165) is 0 Å². The molecule has 6 heteroatoms. The van der Waals surface area contributed by atoms with Crippen LogP contribution in [0.25, 0.3) is 16.3 Å². The van der Waals surface area contributed by atoms with Crippen LogP contribution in [0.3, 0.4) is 0 Å². The number of methoxy groups -OCH3 is 1. The normalized spacial score (nSPS) is 11.0. The summed E-state index contributed by atoms with van der Waals surface area (Å²) in [5.74, 6) is -0.500. The number of benzene rings is 1. The fourth-order valence-electron chi connectivity index (χ4n) is 2.55. The third-order valence-electron chi connectivity index (χ3n) is 3.60. The molecule has 0 aliphatic carbocycles. The molecule has 0 spiro atoms. The lowest BCUT2D eigenvalue weighted by molar-refractivity contribution is 0.0392. The molecule has 2 aromatic heterocycles. The summed E-state index contributed by atoms with van der Waals surface area (Å²) < 4.78 is 11.6. The van der Waals surface area contributed by atoms with Crippen LogP contribution in [0, 0.1) is 0 Å². The highest BCUT2D eigenvalue weighted by Crippen LogP contribution is 2.23. The topological polar surface area (TPSA) is 83.0 Å². The number of carbonyl (C=O) groups is 1. The van der Waals surface area contributed by atoms with Crippen LogP contribution in [0.4, 0.5) is 5.69 Å². The zero-order chi connectivity index (χ0) is 16.4. The maximum Gasteiger partial charge on any atom is 0.341 e. The number of hydrogen-bond acceptors (Lipinski definition) is 5. The molecule has 0 bridgehead atoms. The van der Waals surface area contributed by atoms with E-state index in [0.29, 0.717) is 34.1 Å². The molecule has 118 valence electrons. The predicted molar refractivity (Wildman–Crippen MR) is 87.7 cm³/mol. The minimum Gasteiger partial charge on any atom is -0.460 e. The van der Waals surface area contributed by atoms with Crippen molar-refractivity contribution >= 4 is 27.9 Å². The summed E-state index contributed by atoms with van der Waals surface area (Å²) in [5.41, 5.74) is 6.86. The number of nitrogens with two attached hydrogens (primary N) is 1. The van der Waals surface area contributed by atoms with Crippen LogP contribution >= 0.6 is 0 Å². The molecule has 2 N–H and O–H groups in total. The lowest BCUT2D eigenvalue weighted by Crippen LogP contribution is -2.19. The number of pyridine rings is 2. The van der Waals surface area contributed by atoms with Gasteiger partial charge in [0.25, 0.3) is 5.56 Å². The van der Waals surface area contributed by atoms with E-state index in [4.69, 9.17) is 15.2 Å². The first-order chi connectivity index (χ1) is 11.1. The average Bonchev–Trinajstić information content (AvgIpc) is 2.56. The molecule has 0 aliphatic rings. The highest BCUT2D eigenvalue weighted by Gasteiger charge is 2.18. The van der Waals surface area contributed by atoms with E-state index >= 15 is 0 Å². The Morgan fingerprint density at radius 3 is 2.78 bits per heavy atom. The molecule has 6 nitrogen and oxygen atoms in total. The third kappa shape index (κ3) is 2.64. The second-order valence-electron chi connectivity index (χ2n) is 5.07. The molecule has 0 amide bonds. The summed E-state index contributed by atoms with van der Waals surface area (Å²) in [7, 11) is 1.53. The summed E-state index contributed by atoms with van der Waals surface area (Å²) in [6.45, 7) is 0.450. The van der Waals surface area contributed by atoms with E-state index in [2.05, 4.69) is 0 Å². The predicted octanol–water partition coefficient (Wildman–Crippen LogP) is 1.84. The highest BCUT2D eigenvalue weighted by molar-refractivity contribution is 6.10. The van der Waals surface area contributed by atoms with Crippen molar-refractivity contribution in [2.24, 2.45) is 0 Å². The summed E-state index contributed by atoms with van der Waals surface area (Å²) in [5, 5.41) is 0.908. The highest BCUT2D eigenvalue weighted by atomic mass is 16.6. The molecule has 1 aromatic carbocycles. The molecule has 0 aliphatic heterocycles. The third-order valence-corrected chi connectivity index (χ3v) is 3.60. The van der Waals surface area contributed by atoms with E-state index in [1.165, 1.54) is 11.5 Å². The van der Waals surface area contributed by atoms with Crippen LogP contribution in [0.5, 0.6) is 0 Å². The first kappa shape index (κ1) is 15.1. The molecule has 0 unspecified atom stereocenters. The second-order valence-corrected chi connectivity index (χ2v) is 5.07. The van der Waals surface area contributed by atoms with Crippen molar-refractivity contribution in [2.45, 2.75) is 0 Å². The first-order valence-corrected chi connectivity index (χ1v) is 7.12. The number of aromatic nitrogens is 1. The molecule has 0 saturated heterocycles. The molecular formula is C17H16N2O4. The minimum atomic E-state index is -0.500. The Morgan fingerprint density at radius 1 is 1.17 bits per heavy atom. The molecule has 3 aromatic rings. The average molecular weight is 312 g/mol. The van der Waals surface area contributed by atoms with Crippen molar-refractivity contribution in [1.82, 2.24) is 4.40 Å². The zero-order valence-electron chi connectivity index (χ0n) is 12.6. The van der Waals surface area contributed by atoms with Gasteiger partial charge in [-0.2, -0.15) is 0 Å². The van der Waals surface area contributed by atoms with Crippen molar-refractivity contribution in [3.8, 4) is 0 Å². The minimum absolute atomic E-state index is 0.143. The lowest BCUT2D eigenvalue weighted by Gasteiger charge is -2.12. The van der Waals surface area contributed by atoms with Gasteiger partial charge in [0, 0.05) is 24.4 Å². The smallest absolute Gasteiger partial charge is 0.341 e. The number of ether oxygens (including phenoxy) is 2. The SMILES string of the molecule is COCCOC(=O)c1c2ccc(N)cc2c(=O)n2ccccc12. The maximum absolute atomic E-state index is 12.6. The Morgan fingerprint density at radius 2 is 2.00 bits per heavy atom. The van der Waals surface area contributed by atoms with Gasteiger partial charge >= 0.3 is 5.97 Å². The first-order valence-electron chi connectivity index (χ1n) is 7.12. The molecule has 0 fully saturated rings. The molecule has 3 rings (SSSR count). The van der Waals surface area contributed by atoms with Gasteiger partial charge < -0.3 is 15.2 Å². The molecule has 23 heavy (non-hydrogen) atoms. The van der Waals surface area contributed by atoms with Gasteiger partial charge in [0.1, 0.15) is 6.61 Å². The molecule has 2 heterocycles. The Bertz CT molecular complexity index is 946. The molecule has 0 atom stereocenters. The van der Waals surface area contributed by atoms with Crippen molar-refractivity contribution < 1.29 is 14.3 Å². The van der Waals surface area contributed by atoms with Crippen molar-refractivity contribution in [3.63, 3.8) is 0 Å². The summed E-state index contributed by atoms with van der Waals surface area (Å²) in [6.07, 6.45) is 1.62. The number of rotatable bonds is 4. The largest absolute Gasteiger partial charge is 0.460 e. The van der Waals surface area contributed by atoms with Crippen molar-refractivity contribution in [2.75, 3.05) is 26.1 Å². The lowest BCUT2D eigenvalue weighted by atomic mass is 10.0. The van der Waals surface area contributed by atoms with Gasteiger partial charge in [-0.25, -0.2) is 4.79 Å². The summed E-state index contributed by atoms with van der Waals surface area (Å²) >= 11 is 0. The van der Waals surface area contributed by atoms with E-state index < -0.39 is 5.97 Å². The number of carbonyl (C=O) groups excluding carboxylic acids is 1. The van der Waals surface area contributed by atoms with Gasteiger partial charge in [-0.3, -0.25) is 9.20 Å². The fraction of sp³-hybridized carbons (Fsp3) is 0.176. The number of esters is 1. The van der Waals surface area contributed by atoms with Crippen LogP contribution in [0.1, 0.15) is 10.4 Å². The van der Waals surface area contributed by atoms with Gasteiger partial charge in [-0.05, 0) is 24.3 Å². The number of nitrogen functional groups attached to an aromatic ring is 1. The van der Waals surface area contributed by atoms with Crippen LogP contribution in [-0.2, 0) is 9.47 Å². The van der Waals surface area contributed by atoms with E-state index in [1.54, 1.807) is 42.6 Å². The van der Waals surface area contributed by atoms with E-state index in [9.17, 15) is 9.59 Å². The Kier molecular flexibility index (Phi) is 3.99.